The number of nitrogens with zero attached hydrogens (tertiary/aromatic N) is 2. The van der Waals surface area contributed by atoms with E-state index in [1.54, 1.807) is 24.3 Å². The van der Waals surface area contributed by atoms with Crippen LogP contribution in [0, 0.1) is 6.92 Å². The quantitative estimate of drug-likeness (QED) is 0.719. The minimum atomic E-state index is -0.361. The summed E-state index contributed by atoms with van der Waals surface area (Å²) in [6, 6.07) is 7.07. The van der Waals surface area contributed by atoms with E-state index in [0.29, 0.717) is 22.8 Å². The van der Waals surface area contributed by atoms with Gasteiger partial charge in [-0.1, -0.05) is 23.7 Å². The Morgan fingerprint density at radius 2 is 2.00 bits per heavy atom. The Kier molecular flexibility index (Phi) is 5.95. The lowest BCUT2D eigenvalue weighted by Gasteiger charge is -2.32. The highest BCUT2D eigenvalue weighted by molar-refractivity contribution is 6.33. The van der Waals surface area contributed by atoms with E-state index in [-0.39, 0.29) is 17.9 Å². The number of aryl methyl sites for hydroxylation is 1. The van der Waals surface area contributed by atoms with Crippen LogP contribution in [0.15, 0.2) is 33.8 Å². The normalized spacial score (nSPS) is 20.2. The predicted octanol–water partition coefficient (Wildman–Crippen LogP) is 4.73. The third kappa shape index (κ3) is 3.88. The van der Waals surface area contributed by atoms with Crippen molar-refractivity contribution < 1.29 is 14.0 Å². The lowest BCUT2D eigenvalue weighted by atomic mass is 9.93. The maximum absolute atomic E-state index is 13.2. The summed E-state index contributed by atoms with van der Waals surface area (Å²) in [4.78, 5) is 27.5. The number of carbonyl (C=O) groups is 2. The van der Waals surface area contributed by atoms with Gasteiger partial charge in [-0.3, -0.25) is 9.59 Å². The molecule has 7 heteroatoms. The van der Waals surface area contributed by atoms with Crippen molar-refractivity contribution in [3.63, 3.8) is 0 Å². The zero-order chi connectivity index (χ0) is 21.3. The first kappa shape index (κ1) is 20.7. The second-order valence-electron chi connectivity index (χ2n) is 8.03. The number of fused-ring (bicyclic) bond motifs is 1. The first-order valence-corrected chi connectivity index (χ1v) is 10.9. The molecule has 6 nitrogen and oxygen atoms in total. The number of halogens is 1. The molecule has 2 amide bonds. The standard InChI is InChI=1S/C23H26ClN3O3/c1-14-8-5-6-13-27(14)23(29)21-15(2)20-18(11-7-12-19(20)30-21)25-26-22(28)16-9-3-4-10-17(16)24/h3-4,9-10,14H,5-8,11-13H2,1-2H3,(H,26,28)/b25-18+. The molecule has 158 valence electrons. The minimum Gasteiger partial charge on any atom is -0.455 e. The van der Waals surface area contributed by atoms with Gasteiger partial charge in [0.25, 0.3) is 11.8 Å². The van der Waals surface area contributed by atoms with Gasteiger partial charge in [-0.15, -0.1) is 0 Å². The molecule has 2 aromatic rings. The van der Waals surface area contributed by atoms with Gasteiger partial charge < -0.3 is 9.32 Å². The number of hydrogen-bond acceptors (Lipinski definition) is 4. The lowest BCUT2D eigenvalue weighted by molar-refractivity contribution is 0.0600. The number of likely N-dealkylation sites (tertiary alicyclic amines) is 1. The highest BCUT2D eigenvalue weighted by atomic mass is 35.5. The van der Waals surface area contributed by atoms with Crippen LogP contribution in [0.1, 0.15) is 76.8 Å². The van der Waals surface area contributed by atoms with Crippen LogP contribution < -0.4 is 5.43 Å². The Morgan fingerprint density at radius 1 is 1.20 bits per heavy atom. The van der Waals surface area contributed by atoms with Gasteiger partial charge in [0.2, 0.25) is 0 Å². The first-order chi connectivity index (χ1) is 14.5. The van der Waals surface area contributed by atoms with Crippen LogP contribution in [-0.4, -0.2) is 35.0 Å². The van der Waals surface area contributed by atoms with Crippen LogP contribution in [0.4, 0.5) is 0 Å². The van der Waals surface area contributed by atoms with Crippen molar-refractivity contribution in [1.29, 1.82) is 0 Å². The van der Waals surface area contributed by atoms with E-state index >= 15 is 0 Å². The number of hydrazone groups is 1. The van der Waals surface area contributed by atoms with E-state index in [1.165, 1.54) is 0 Å². The number of rotatable bonds is 3. The fourth-order valence-electron chi connectivity index (χ4n) is 4.34. The van der Waals surface area contributed by atoms with Gasteiger partial charge in [0, 0.05) is 30.1 Å². The molecule has 0 radical (unpaired) electrons. The molecule has 2 aliphatic rings. The molecule has 1 saturated heterocycles. The summed E-state index contributed by atoms with van der Waals surface area (Å²) in [5.41, 5.74) is 5.39. The van der Waals surface area contributed by atoms with E-state index in [9.17, 15) is 9.59 Å². The van der Waals surface area contributed by atoms with Gasteiger partial charge in [0.15, 0.2) is 5.76 Å². The molecular formula is C23H26ClN3O3. The van der Waals surface area contributed by atoms with Crippen LogP contribution in [0.5, 0.6) is 0 Å². The van der Waals surface area contributed by atoms with Crippen molar-refractivity contribution in [3.8, 4) is 0 Å². The maximum Gasteiger partial charge on any atom is 0.290 e. The Hall–Kier alpha value is -2.60. The number of piperidine rings is 1. The van der Waals surface area contributed by atoms with Crippen molar-refractivity contribution >= 4 is 29.1 Å². The average Bonchev–Trinajstić information content (AvgIpc) is 3.09. The average molecular weight is 428 g/mol. The minimum absolute atomic E-state index is 0.0476. The summed E-state index contributed by atoms with van der Waals surface area (Å²) < 4.78 is 6.04. The Bertz CT molecular complexity index is 1010. The van der Waals surface area contributed by atoms with Crippen LogP contribution in [-0.2, 0) is 6.42 Å². The van der Waals surface area contributed by atoms with E-state index < -0.39 is 0 Å². The molecule has 0 bridgehead atoms. The van der Waals surface area contributed by atoms with Crippen molar-refractivity contribution in [3.05, 3.63) is 57.5 Å². The third-order valence-corrected chi connectivity index (χ3v) is 6.32. The summed E-state index contributed by atoms with van der Waals surface area (Å²) in [5.74, 6) is 0.770. The molecule has 1 atom stereocenters. The van der Waals surface area contributed by atoms with Crippen LogP contribution in [0.3, 0.4) is 0 Å². The van der Waals surface area contributed by atoms with Crippen molar-refractivity contribution in [2.75, 3.05) is 6.54 Å². The number of benzene rings is 1. The summed E-state index contributed by atoms with van der Waals surface area (Å²) >= 11 is 6.10. The molecule has 0 saturated carbocycles. The number of hydrogen-bond donors (Lipinski definition) is 1. The van der Waals surface area contributed by atoms with Crippen LogP contribution >= 0.6 is 11.6 Å². The van der Waals surface area contributed by atoms with Crippen molar-refractivity contribution in [1.82, 2.24) is 10.3 Å². The summed E-state index contributed by atoms with van der Waals surface area (Å²) in [6.07, 6.45) is 5.53. The van der Waals surface area contributed by atoms with E-state index in [0.717, 1.165) is 61.2 Å². The molecule has 1 aromatic carbocycles. The van der Waals surface area contributed by atoms with Gasteiger partial charge in [-0.2, -0.15) is 5.10 Å². The maximum atomic E-state index is 13.2. The molecule has 1 aliphatic heterocycles. The number of nitrogens with one attached hydrogen (secondary N) is 1. The van der Waals surface area contributed by atoms with Crippen LogP contribution in [0.2, 0.25) is 5.02 Å². The van der Waals surface area contributed by atoms with Crippen LogP contribution in [0.25, 0.3) is 0 Å². The fraction of sp³-hybridized carbons (Fsp3) is 0.435. The number of carbonyl (C=O) groups excluding carboxylic acids is 2. The van der Waals surface area contributed by atoms with Gasteiger partial charge in [0.05, 0.1) is 16.3 Å². The van der Waals surface area contributed by atoms with Crippen molar-refractivity contribution in [2.24, 2.45) is 5.10 Å². The monoisotopic (exact) mass is 427 g/mol. The number of amides is 2. The highest BCUT2D eigenvalue weighted by Crippen LogP contribution is 2.31. The van der Waals surface area contributed by atoms with Gasteiger partial charge >= 0.3 is 0 Å². The Labute approximate surface area is 181 Å². The Morgan fingerprint density at radius 3 is 2.77 bits per heavy atom. The summed E-state index contributed by atoms with van der Waals surface area (Å²) in [6.45, 7) is 4.76. The van der Waals surface area contributed by atoms with E-state index in [2.05, 4.69) is 17.5 Å². The molecule has 1 aromatic heterocycles. The zero-order valence-electron chi connectivity index (χ0n) is 17.3. The summed E-state index contributed by atoms with van der Waals surface area (Å²) in [7, 11) is 0. The third-order valence-electron chi connectivity index (χ3n) is 5.99. The smallest absolute Gasteiger partial charge is 0.290 e. The highest BCUT2D eigenvalue weighted by Gasteiger charge is 2.32. The SMILES string of the molecule is Cc1c(C(=O)N2CCCCC2C)oc2c1/C(=N/NC(=O)c1ccccc1Cl)CCC2. The molecular weight excluding hydrogens is 402 g/mol. The lowest BCUT2D eigenvalue weighted by Crippen LogP contribution is -2.42. The van der Waals surface area contributed by atoms with Crippen molar-refractivity contribution in [2.45, 2.75) is 58.4 Å². The summed E-state index contributed by atoms with van der Waals surface area (Å²) in [5, 5.41) is 4.75. The largest absolute Gasteiger partial charge is 0.455 e. The fourth-order valence-corrected chi connectivity index (χ4v) is 4.56. The van der Waals surface area contributed by atoms with Gasteiger partial charge in [-0.25, -0.2) is 5.43 Å². The second kappa shape index (κ2) is 8.64. The molecule has 1 aliphatic carbocycles. The topological polar surface area (TPSA) is 74.9 Å². The predicted molar refractivity (Wildman–Crippen MR) is 116 cm³/mol. The molecule has 2 heterocycles. The molecule has 1 unspecified atom stereocenters. The van der Waals surface area contributed by atoms with Gasteiger partial charge in [-0.05, 0) is 58.1 Å². The number of furan rings is 1. The molecule has 1 fully saturated rings. The molecule has 30 heavy (non-hydrogen) atoms. The molecule has 4 rings (SSSR count). The molecule has 0 spiro atoms. The van der Waals surface area contributed by atoms with E-state index in [4.69, 9.17) is 16.0 Å². The first-order valence-electron chi connectivity index (χ1n) is 10.5. The Balaban J connectivity index is 1.60. The van der Waals surface area contributed by atoms with Gasteiger partial charge in [0.1, 0.15) is 5.76 Å². The molecule has 1 N–H and O–H groups in total. The zero-order valence-corrected chi connectivity index (χ0v) is 18.1. The second-order valence-corrected chi connectivity index (χ2v) is 8.44. The van der Waals surface area contributed by atoms with E-state index in [1.807, 2.05) is 11.8 Å².